The molecule has 1 aromatic heterocycles. The van der Waals surface area contributed by atoms with E-state index in [1.165, 1.54) is 5.56 Å². The molecule has 0 N–H and O–H groups in total. The first-order valence-corrected chi connectivity index (χ1v) is 12.2. The van der Waals surface area contributed by atoms with Gasteiger partial charge in [0.15, 0.2) is 17.5 Å². The van der Waals surface area contributed by atoms with Crippen LogP contribution in [0.15, 0.2) is 48.7 Å². The van der Waals surface area contributed by atoms with Crippen LogP contribution in [0.4, 0.5) is 18.9 Å². The van der Waals surface area contributed by atoms with Crippen LogP contribution in [0, 0.1) is 17.5 Å². The van der Waals surface area contributed by atoms with Crippen molar-refractivity contribution in [1.82, 2.24) is 19.6 Å². The second-order valence-corrected chi connectivity index (χ2v) is 9.84. The summed E-state index contributed by atoms with van der Waals surface area (Å²) >= 11 is 0. The minimum atomic E-state index is -1.56. The number of aromatic nitrogens is 2. The zero-order chi connectivity index (χ0) is 26.3. The number of hydrogen-bond acceptors (Lipinski definition) is 4. The van der Waals surface area contributed by atoms with Gasteiger partial charge >= 0.3 is 0 Å². The van der Waals surface area contributed by atoms with Gasteiger partial charge in [-0.1, -0.05) is 30.3 Å². The van der Waals surface area contributed by atoms with Gasteiger partial charge in [0.1, 0.15) is 0 Å². The summed E-state index contributed by atoms with van der Waals surface area (Å²) in [5, 5.41) is 4.46. The Bertz CT molecular complexity index is 1310. The molecule has 0 saturated carbocycles. The standard InChI is InChI=1S/C27H28F3N5O2/c1-17-13-35-24(16-33(17)25(36)10-19-8-21(28)27(30)22(29)9-19)23(12-31-35)34-15-20(11-26(34)37)32(2)14-18-6-4-3-5-7-18/h3-9,12,17,20H,10-11,13-16H2,1-2H3/t17-,20?/m0/s1. The highest BCUT2D eigenvalue weighted by molar-refractivity contribution is 5.96. The second-order valence-electron chi connectivity index (χ2n) is 9.84. The molecule has 0 bridgehead atoms. The van der Waals surface area contributed by atoms with E-state index in [0.29, 0.717) is 25.2 Å². The Kier molecular flexibility index (Phi) is 6.76. The highest BCUT2D eigenvalue weighted by Gasteiger charge is 2.37. The van der Waals surface area contributed by atoms with Crippen molar-refractivity contribution in [2.24, 2.45) is 0 Å². The number of hydrogen-bond donors (Lipinski definition) is 0. The van der Waals surface area contributed by atoms with Gasteiger partial charge in [0.2, 0.25) is 11.8 Å². The monoisotopic (exact) mass is 511 g/mol. The zero-order valence-corrected chi connectivity index (χ0v) is 20.7. The number of carbonyl (C=O) groups excluding carboxylic acids is 2. The minimum absolute atomic E-state index is 0.00512. The predicted molar refractivity (Wildman–Crippen MR) is 131 cm³/mol. The average molecular weight is 512 g/mol. The predicted octanol–water partition coefficient (Wildman–Crippen LogP) is 3.51. The lowest BCUT2D eigenvalue weighted by atomic mass is 10.1. The number of rotatable bonds is 6. The lowest BCUT2D eigenvalue weighted by Gasteiger charge is -2.35. The molecular formula is C27H28F3N5O2. The topological polar surface area (TPSA) is 61.7 Å². The number of anilines is 1. The smallest absolute Gasteiger partial charge is 0.228 e. The van der Waals surface area contributed by atoms with E-state index in [0.717, 1.165) is 24.4 Å². The van der Waals surface area contributed by atoms with Crippen molar-refractivity contribution in [3.8, 4) is 0 Å². The average Bonchev–Trinajstić information content (AvgIpc) is 3.45. The number of nitrogens with zero attached hydrogens (tertiary/aromatic N) is 5. The normalized spacial score (nSPS) is 19.6. The minimum Gasteiger partial charge on any atom is -0.332 e. The second kappa shape index (κ2) is 10.0. The van der Waals surface area contributed by atoms with Gasteiger partial charge in [0.05, 0.1) is 37.1 Å². The number of carbonyl (C=O) groups is 2. The Hall–Kier alpha value is -3.66. The summed E-state index contributed by atoms with van der Waals surface area (Å²) in [5.74, 6) is -4.55. The molecule has 1 saturated heterocycles. The van der Waals surface area contributed by atoms with Crippen LogP contribution < -0.4 is 4.90 Å². The molecule has 10 heteroatoms. The van der Waals surface area contributed by atoms with Crippen LogP contribution in [0.2, 0.25) is 0 Å². The summed E-state index contributed by atoms with van der Waals surface area (Å²) < 4.78 is 42.4. The molecular weight excluding hydrogens is 483 g/mol. The third-order valence-corrected chi connectivity index (χ3v) is 7.23. The summed E-state index contributed by atoms with van der Waals surface area (Å²) in [6.07, 6.45) is 1.78. The van der Waals surface area contributed by atoms with E-state index in [1.807, 2.05) is 32.2 Å². The molecule has 2 amide bonds. The van der Waals surface area contributed by atoms with Gasteiger partial charge in [-0.2, -0.15) is 5.10 Å². The highest BCUT2D eigenvalue weighted by atomic mass is 19.2. The largest absolute Gasteiger partial charge is 0.332 e. The van der Waals surface area contributed by atoms with E-state index in [2.05, 4.69) is 22.1 Å². The van der Waals surface area contributed by atoms with E-state index >= 15 is 0 Å². The molecule has 194 valence electrons. The summed E-state index contributed by atoms with van der Waals surface area (Å²) in [6, 6.07) is 11.6. The number of amides is 2. The molecule has 2 atom stereocenters. The van der Waals surface area contributed by atoms with Gasteiger partial charge in [-0.05, 0) is 37.2 Å². The molecule has 3 heterocycles. The van der Waals surface area contributed by atoms with E-state index < -0.39 is 17.5 Å². The molecule has 3 aromatic rings. The van der Waals surface area contributed by atoms with Gasteiger partial charge in [-0.3, -0.25) is 19.2 Å². The van der Waals surface area contributed by atoms with Crippen molar-refractivity contribution in [3.05, 3.63) is 82.9 Å². The van der Waals surface area contributed by atoms with Crippen LogP contribution >= 0.6 is 0 Å². The lowest BCUT2D eigenvalue weighted by molar-refractivity contribution is -0.134. The molecule has 7 nitrogen and oxygen atoms in total. The van der Waals surface area contributed by atoms with Crippen LogP contribution in [0.5, 0.6) is 0 Å². The molecule has 2 aliphatic rings. The fourth-order valence-electron chi connectivity index (χ4n) is 5.15. The first kappa shape index (κ1) is 25.0. The zero-order valence-electron chi connectivity index (χ0n) is 20.7. The first-order chi connectivity index (χ1) is 17.7. The van der Waals surface area contributed by atoms with E-state index in [-0.39, 0.29) is 42.4 Å². The third-order valence-electron chi connectivity index (χ3n) is 7.23. The van der Waals surface area contributed by atoms with Crippen LogP contribution in [0.3, 0.4) is 0 Å². The number of halogens is 3. The third kappa shape index (κ3) is 4.98. The first-order valence-electron chi connectivity index (χ1n) is 12.2. The maximum atomic E-state index is 13.6. The van der Waals surface area contributed by atoms with Crippen molar-refractivity contribution < 1.29 is 22.8 Å². The Morgan fingerprint density at radius 2 is 1.78 bits per heavy atom. The van der Waals surface area contributed by atoms with Gasteiger partial charge in [-0.15, -0.1) is 0 Å². The molecule has 0 spiro atoms. The Balaban J connectivity index is 1.30. The maximum absolute atomic E-state index is 13.6. The van der Waals surface area contributed by atoms with Crippen molar-refractivity contribution in [1.29, 1.82) is 0 Å². The number of fused-ring (bicyclic) bond motifs is 1. The van der Waals surface area contributed by atoms with Gasteiger partial charge in [0.25, 0.3) is 0 Å². The van der Waals surface area contributed by atoms with Gasteiger partial charge in [-0.25, -0.2) is 13.2 Å². The van der Waals surface area contributed by atoms with Crippen molar-refractivity contribution >= 4 is 17.5 Å². The van der Waals surface area contributed by atoms with Crippen molar-refractivity contribution in [2.75, 3.05) is 18.5 Å². The maximum Gasteiger partial charge on any atom is 0.228 e. The van der Waals surface area contributed by atoms with Crippen molar-refractivity contribution in [2.45, 2.75) is 51.5 Å². The van der Waals surface area contributed by atoms with E-state index in [1.54, 1.807) is 20.7 Å². The molecule has 2 aliphatic heterocycles. The SMILES string of the molecule is C[C@H]1Cn2ncc(N3CC(N(C)Cc4ccccc4)CC3=O)c2CN1C(=O)Cc1cc(F)c(F)c(F)c1. The van der Waals surface area contributed by atoms with Crippen LogP contribution in [-0.4, -0.2) is 57.1 Å². The molecule has 1 fully saturated rings. The molecule has 5 rings (SSSR count). The fourth-order valence-corrected chi connectivity index (χ4v) is 5.15. The summed E-state index contributed by atoms with van der Waals surface area (Å²) in [4.78, 5) is 31.6. The highest BCUT2D eigenvalue weighted by Crippen LogP contribution is 2.31. The van der Waals surface area contributed by atoms with Crippen LogP contribution in [-0.2, 0) is 35.6 Å². The fraction of sp³-hybridized carbons (Fsp3) is 0.370. The number of benzene rings is 2. The molecule has 37 heavy (non-hydrogen) atoms. The number of likely N-dealkylation sites (N-methyl/N-ethyl adjacent to an activating group) is 1. The summed E-state index contributed by atoms with van der Waals surface area (Å²) in [6.45, 7) is 3.73. The Morgan fingerprint density at radius 1 is 1.08 bits per heavy atom. The van der Waals surface area contributed by atoms with Crippen molar-refractivity contribution in [3.63, 3.8) is 0 Å². The van der Waals surface area contributed by atoms with Crippen LogP contribution in [0.1, 0.15) is 30.2 Å². The summed E-state index contributed by atoms with van der Waals surface area (Å²) in [7, 11) is 2.01. The lowest BCUT2D eigenvalue weighted by Crippen LogP contribution is -2.46. The Labute approximate surface area is 213 Å². The van der Waals surface area contributed by atoms with E-state index in [9.17, 15) is 22.8 Å². The molecule has 0 aliphatic carbocycles. The van der Waals surface area contributed by atoms with Gasteiger partial charge in [0, 0.05) is 31.6 Å². The van der Waals surface area contributed by atoms with E-state index in [4.69, 9.17) is 0 Å². The summed E-state index contributed by atoms with van der Waals surface area (Å²) in [5.41, 5.74) is 2.64. The molecule has 0 radical (unpaired) electrons. The quantitative estimate of drug-likeness (QED) is 0.476. The Morgan fingerprint density at radius 3 is 2.49 bits per heavy atom. The molecule has 1 unspecified atom stereocenters. The van der Waals surface area contributed by atoms with Gasteiger partial charge < -0.3 is 9.80 Å². The molecule has 2 aromatic carbocycles. The van der Waals surface area contributed by atoms with Crippen LogP contribution in [0.25, 0.3) is 0 Å².